The van der Waals surface area contributed by atoms with Crippen LogP contribution in [0.4, 0.5) is 0 Å². The van der Waals surface area contributed by atoms with Crippen molar-refractivity contribution in [3.63, 3.8) is 0 Å². The summed E-state index contributed by atoms with van der Waals surface area (Å²) in [6.07, 6.45) is 0.308. The summed E-state index contributed by atoms with van der Waals surface area (Å²) in [4.78, 5) is 14.0. The monoisotopic (exact) mass is 321 g/mol. The van der Waals surface area contributed by atoms with Crippen molar-refractivity contribution >= 4 is 28.3 Å². The number of nitrogens with zero attached hydrogens (tertiary/aromatic N) is 3. The number of rotatable bonds is 4. The Morgan fingerprint density at radius 3 is 2.50 bits per heavy atom. The van der Waals surface area contributed by atoms with Crippen molar-refractivity contribution in [2.24, 2.45) is 7.05 Å². The van der Waals surface area contributed by atoms with Crippen LogP contribution >= 0.6 is 11.6 Å². The lowest BCUT2D eigenvalue weighted by molar-refractivity contribution is -0.119. The quantitative estimate of drug-likeness (QED) is 0.868. The number of likely N-dealkylation sites (N-methyl/N-ethyl adjacent to an activating group) is 1. The predicted molar refractivity (Wildman–Crippen MR) is 91.7 cm³/mol. The molecule has 0 radical (unpaired) electrons. The van der Waals surface area contributed by atoms with Crippen molar-refractivity contribution in [1.29, 1.82) is 0 Å². The normalized spacial score (nSPS) is 12.4. The number of hydrogen-bond acceptors (Lipinski definition) is 3. The number of Topliss-reactive ketones (excluding diaryl/α,β-unsaturated/α-hetero) is 1. The molecular formula is C17H24ClN3O. The lowest BCUT2D eigenvalue weighted by atomic mass is 9.85. The van der Waals surface area contributed by atoms with Gasteiger partial charge in [0.15, 0.2) is 5.78 Å². The summed E-state index contributed by atoms with van der Waals surface area (Å²) in [6, 6.07) is 3.96. The molecule has 1 heterocycles. The minimum absolute atomic E-state index is 0.0124. The van der Waals surface area contributed by atoms with Gasteiger partial charge < -0.3 is 4.90 Å². The number of aromatic nitrogens is 2. The van der Waals surface area contributed by atoms with Crippen molar-refractivity contribution in [3.8, 4) is 0 Å². The highest BCUT2D eigenvalue weighted by atomic mass is 35.5. The first kappa shape index (κ1) is 17.0. The van der Waals surface area contributed by atoms with Crippen LogP contribution < -0.4 is 0 Å². The van der Waals surface area contributed by atoms with Crippen LogP contribution in [-0.2, 0) is 23.7 Å². The zero-order valence-corrected chi connectivity index (χ0v) is 15.0. The van der Waals surface area contributed by atoms with Gasteiger partial charge in [-0.1, -0.05) is 38.4 Å². The number of benzene rings is 1. The second-order valence-corrected chi connectivity index (χ2v) is 7.50. The summed E-state index contributed by atoms with van der Waals surface area (Å²) in [6.45, 7) is 6.91. The van der Waals surface area contributed by atoms with E-state index in [4.69, 9.17) is 11.6 Å². The minimum atomic E-state index is -0.0124. The number of carbonyl (C=O) groups is 1. The van der Waals surface area contributed by atoms with Gasteiger partial charge in [-0.05, 0) is 31.1 Å². The second-order valence-electron chi connectivity index (χ2n) is 7.09. The van der Waals surface area contributed by atoms with Gasteiger partial charge in [0.25, 0.3) is 0 Å². The second kappa shape index (κ2) is 6.01. The molecule has 0 aliphatic carbocycles. The summed E-state index contributed by atoms with van der Waals surface area (Å²) >= 11 is 6.41. The maximum absolute atomic E-state index is 12.1. The molecule has 0 aliphatic heterocycles. The summed E-state index contributed by atoms with van der Waals surface area (Å²) in [5.74, 6) is 0.141. The van der Waals surface area contributed by atoms with Crippen LogP contribution in [0.25, 0.3) is 10.9 Å². The van der Waals surface area contributed by atoms with Crippen molar-refractivity contribution in [3.05, 3.63) is 28.4 Å². The summed E-state index contributed by atoms with van der Waals surface area (Å²) in [5, 5.41) is 6.13. The molecule has 0 amide bonds. The van der Waals surface area contributed by atoms with Crippen LogP contribution in [0.1, 0.15) is 32.0 Å². The minimum Gasteiger partial charge on any atom is -0.302 e. The van der Waals surface area contributed by atoms with Crippen molar-refractivity contribution < 1.29 is 4.79 Å². The number of halogens is 1. The number of aryl methyl sites for hydroxylation is 1. The van der Waals surface area contributed by atoms with Gasteiger partial charge in [-0.25, -0.2) is 0 Å². The lowest BCUT2D eigenvalue weighted by Gasteiger charge is -2.21. The molecule has 2 rings (SSSR count). The molecule has 5 heteroatoms. The Balaban J connectivity index is 2.57. The van der Waals surface area contributed by atoms with Crippen LogP contribution in [0.3, 0.4) is 0 Å². The first-order chi connectivity index (χ1) is 10.1. The van der Waals surface area contributed by atoms with Gasteiger partial charge in [-0.15, -0.1) is 0 Å². The molecule has 0 N–H and O–H groups in total. The van der Waals surface area contributed by atoms with E-state index < -0.39 is 0 Å². The third kappa shape index (κ3) is 3.33. The zero-order valence-electron chi connectivity index (χ0n) is 14.2. The largest absolute Gasteiger partial charge is 0.302 e. The fourth-order valence-electron chi connectivity index (χ4n) is 2.78. The number of hydrogen-bond donors (Lipinski definition) is 0. The van der Waals surface area contributed by atoms with Crippen molar-refractivity contribution in [1.82, 2.24) is 14.7 Å². The Labute approximate surface area is 137 Å². The topological polar surface area (TPSA) is 38.1 Å². The molecule has 0 spiro atoms. The van der Waals surface area contributed by atoms with Crippen LogP contribution in [0.15, 0.2) is 12.1 Å². The molecule has 22 heavy (non-hydrogen) atoms. The van der Waals surface area contributed by atoms with Crippen LogP contribution in [-0.4, -0.2) is 41.1 Å². The summed E-state index contributed by atoms with van der Waals surface area (Å²) in [7, 11) is 5.69. The average Bonchev–Trinajstić information content (AvgIpc) is 2.65. The van der Waals surface area contributed by atoms with E-state index >= 15 is 0 Å². The number of carbonyl (C=O) groups excluding carboxylic acids is 1. The molecular weight excluding hydrogens is 298 g/mol. The van der Waals surface area contributed by atoms with E-state index in [2.05, 4.69) is 31.9 Å². The van der Waals surface area contributed by atoms with Gasteiger partial charge in [-0.3, -0.25) is 9.48 Å². The van der Waals surface area contributed by atoms with Crippen LogP contribution in [0, 0.1) is 0 Å². The molecule has 0 saturated carbocycles. The first-order valence-corrected chi connectivity index (χ1v) is 7.80. The van der Waals surface area contributed by atoms with Gasteiger partial charge in [0.2, 0.25) is 0 Å². The Morgan fingerprint density at radius 2 is 1.95 bits per heavy atom. The highest BCUT2D eigenvalue weighted by Gasteiger charge is 2.23. The molecule has 0 unspecified atom stereocenters. The van der Waals surface area contributed by atoms with Gasteiger partial charge >= 0.3 is 0 Å². The van der Waals surface area contributed by atoms with E-state index in [1.807, 2.05) is 36.8 Å². The molecule has 1 aromatic carbocycles. The smallest absolute Gasteiger partial charge is 0.152 e. The Hall–Kier alpha value is -1.39. The van der Waals surface area contributed by atoms with Crippen LogP contribution in [0.2, 0.25) is 5.02 Å². The van der Waals surface area contributed by atoms with Crippen molar-refractivity contribution in [2.75, 3.05) is 20.6 Å². The van der Waals surface area contributed by atoms with Crippen molar-refractivity contribution in [2.45, 2.75) is 32.6 Å². The van der Waals surface area contributed by atoms with E-state index in [0.29, 0.717) is 18.0 Å². The van der Waals surface area contributed by atoms with Gasteiger partial charge in [0, 0.05) is 12.4 Å². The molecule has 2 aromatic rings. The van der Waals surface area contributed by atoms with E-state index in [-0.39, 0.29) is 11.2 Å². The first-order valence-electron chi connectivity index (χ1n) is 7.42. The highest BCUT2D eigenvalue weighted by Crippen LogP contribution is 2.35. The molecule has 0 saturated heterocycles. The SMILES string of the molecule is CN(C)CC(=O)Cc1nn(C)c2c(C(C)(C)C)ccc(Cl)c12. The Kier molecular flexibility index (Phi) is 4.64. The van der Waals surface area contributed by atoms with E-state index in [9.17, 15) is 4.79 Å². The van der Waals surface area contributed by atoms with Gasteiger partial charge in [0.1, 0.15) is 0 Å². The number of ketones is 1. The molecule has 120 valence electrons. The fraction of sp³-hybridized carbons (Fsp3) is 0.529. The molecule has 0 bridgehead atoms. The summed E-state index contributed by atoms with van der Waals surface area (Å²) in [5.41, 5.74) is 2.96. The molecule has 0 atom stereocenters. The molecule has 1 aromatic heterocycles. The average molecular weight is 322 g/mol. The van der Waals surface area contributed by atoms with E-state index in [1.54, 1.807) is 0 Å². The van der Waals surface area contributed by atoms with Crippen LogP contribution in [0.5, 0.6) is 0 Å². The highest BCUT2D eigenvalue weighted by molar-refractivity contribution is 6.35. The number of fused-ring (bicyclic) bond motifs is 1. The molecule has 4 nitrogen and oxygen atoms in total. The maximum atomic E-state index is 12.1. The lowest BCUT2D eigenvalue weighted by Crippen LogP contribution is -2.23. The molecule has 0 fully saturated rings. The fourth-order valence-corrected chi connectivity index (χ4v) is 3.04. The summed E-state index contributed by atoms with van der Waals surface area (Å²) < 4.78 is 1.85. The Morgan fingerprint density at radius 1 is 1.32 bits per heavy atom. The van der Waals surface area contributed by atoms with Gasteiger partial charge in [0.05, 0.1) is 29.2 Å². The van der Waals surface area contributed by atoms with E-state index in [0.717, 1.165) is 16.6 Å². The predicted octanol–water partition coefficient (Wildman–Crippen LogP) is 3.20. The molecule has 0 aliphatic rings. The van der Waals surface area contributed by atoms with Gasteiger partial charge in [-0.2, -0.15) is 5.10 Å². The maximum Gasteiger partial charge on any atom is 0.152 e. The third-order valence-corrected chi connectivity index (χ3v) is 3.99. The van der Waals surface area contributed by atoms with E-state index in [1.165, 1.54) is 5.56 Å². The Bertz CT molecular complexity index is 711. The zero-order chi connectivity index (χ0) is 16.7. The third-order valence-electron chi connectivity index (χ3n) is 3.68. The standard InChI is InChI=1S/C17H24ClN3O/c1-17(2,3)12-7-8-13(18)15-14(19-21(6)16(12)15)9-11(22)10-20(4)5/h7-8H,9-10H2,1-6H3.